The zero-order valence-electron chi connectivity index (χ0n) is 10.7. The molecular weight excluding hydrogens is 292 g/mol. The minimum atomic E-state index is -1.09. The van der Waals surface area contributed by atoms with Crippen LogP contribution >= 0.6 is 11.8 Å². The molecular formula is C14H10N2O4S. The van der Waals surface area contributed by atoms with Crippen LogP contribution in [0.3, 0.4) is 0 Å². The average molecular weight is 302 g/mol. The predicted octanol–water partition coefficient (Wildman–Crippen LogP) is 2.51. The van der Waals surface area contributed by atoms with Crippen LogP contribution in [0.1, 0.15) is 16.1 Å². The van der Waals surface area contributed by atoms with Crippen LogP contribution in [0.15, 0.2) is 50.9 Å². The van der Waals surface area contributed by atoms with Crippen molar-refractivity contribution in [1.29, 1.82) is 0 Å². The fourth-order valence-electron chi connectivity index (χ4n) is 1.87. The Kier molecular flexibility index (Phi) is 3.49. The Hall–Kier alpha value is -2.54. The van der Waals surface area contributed by atoms with Gasteiger partial charge < -0.3 is 14.5 Å². The number of fused-ring (bicyclic) bond motifs is 1. The molecule has 3 rings (SSSR count). The molecule has 0 aliphatic rings. The molecule has 0 radical (unpaired) electrons. The zero-order valence-corrected chi connectivity index (χ0v) is 11.5. The lowest BCUT2D eigenvalue weighted by molar-refractivity contribution is 0.0665. The molecule has 1 aromatic carbocycles. The van der Waals surface area contributed by atoms with E-state index in [1.165, 1.54) is 30.1 Å². The molecule has 0 saturated heterocycles. The van der Waals surface area contributed by atoms with E-state index in [1.807, 2.05) is 12.1 Å². The van der Waals surface area contributed by atoms with Gasteiger partial charge in [-0.05, 0) is 23.8 Å². The number of carboxylic acid groups (broad SMARTS) is 1. The number of aromatic nitrogens is 2. The maximum absolute atomic E-state index is 11.2. The standard InChI is InChI=1S/C14H10N2O4S/c17-12-3-4-15-14(16-12)21-7-8-1-2-10-9(5-8)6-11(20-10)13(18)19/h1-6H,7H2,(H,18,19)(H,15,16,17). The maximum Gasteiger partial charge on any atom is 0.371 e. The van der Waals surface area contributed by atoms with Crippen molar-refractivity contribution in [1.82, 2.24) is 9.97 Å². The molecule has 21 heavy (non-hydrogen) atoms. The van der Waals surface area contributed by atoms with Crippen molar-refractivity contribution in [3.63, 3.8) is 0 Å². The third kappa shape index (κ3) is 2.97. The van der Waals surface area contributed by atoms with Gasteiger partial charge in [0, 0.05) is 23.4 Å². The fraction of sp³-hybridized carbons (Fsp3) is 0.0714. The molecule has 2 aromatic heterocycles. The van der Waals surface area contributed by atoms with E-state index in [-0.39, 0.29) is 11.3 Å². The Morgan fingerprint density at radius 2 is 2.19 bits per heavy atom. The summed E-state index contributed by atoms with van der Waals surface area (Å²) in [7, 11) is 0. The molecule has 0 fully saturated rings. The zero-order chi connectivity index (χ0) is 14.8. The van der Waals surface area contributed by atoms with Crippen LogP contribution in [0.2, 0.25) is 0 Å². The largest absolute Gasteiger partial charge is 0.475 e. The van der Waals surface area contributed by atoms with Gasteiger partial charge in [-0.1, -0.05) is 17.8 Å². The Balaban J connectivity index is 1.81. The van der Waals surface area contributed by atoms with E-state index in [0.717, 1.165) is 10.9 Å². The van der Waals surface area contributed by atoms with Crippen LogP contribution < -0.4 is 5.56 Å². The quantitative estimate of drug-likeness (QED) is 0.568. The summed E-state index contributed by atoms with van der Waals surface area (Å²) in [5, 5.41) is 10.2. The third-order valence-electron chi connectivity index (χ3n) is 2.81. The molecule has 3 aromatic rings. The summed E-state index contributed by atoms with van der Waals surface area (Å²) in [6.07, 6.45) is 1.46. The van der Waals surface area contributed by atoms with Gasteiger partial charge in [0.2, 0.25) is 5.76 Å². The summed E-state index contributed by atoms with van der Waals surface area (Å²) in [5.41, 5.74) is 1.33. The first-order valence-electron chi connectivity index (χ1n) is 6.06. The van der Waals surface area contributed by atoms with Gasteiger partial charge in [0.15, 0.2) is 5.16 Å². The number of carboxylic acids is 1. The maximum atomic E-state index is 11.2. The summed E-state index contributed by atoms with van der Waals surface area (Å²) in [6, 6.07) is 8.30. The molecule has 0 aliphatic carbocycles. The van der Waals surface area contributed by atoms with Crippen molar-refractivity contribution in [2.45, 2.75) is 10.9 Å². The lowest BCUT2D eigenvalue weighted by Crippen LogP contribution is -2.05. The van der Waals surface area contributed by atoms with E-state index in [4.69, 9.17) is 9.52 Å². The normalized spacial score (nSPS) is 10.9. The molecule has 0 spiro atoms. The lowest BCUT2D eigenvalue weighted by atomic mass is 10.2. The van der Waals surface area contributed by atoms with Crippen LogP contribution in [0.25, 0.3) is 11.0 Å². The van der Waals surface area contributed by atoms with Gasteiger partial charge in [-0.3, -0.25) is 4.79 Å². The molecule has 7 heteroatoms. The first kappa shape index (κ1) is 13.4. The number of rotatable bonds is 4. The number of hydrogen-bond acceptors (Lipinski definition) is 5. The highest BCUT2D eigenvalue weighted by Gasteiger charge is 2.10. The molecule has 2 N–H and O–H groups in total. The molecule has 106 valence electrons. The number of H-pyrrole nitrogens is 1. The highest BCUT2D eigenvalue weighted by molar-refractivity contribution is 7.98. The summed E-state index contributed by atoms with van der Waals surface area (Å²) in [5.74, 6) is -0.562. The van der Waals surface area contributed by atoms with Crippen LogP contribution in [-0.4, -0.2) is 21.0 Å². The van der Waals surface area contributed by atoms with Gasteiger partial charge >= 0.3 is 5.97 Å². The summed E-state index contributed by atoms with van der Waals surface area (Å²) >= 11 is 1.40. The number of furan rings is 1. The predicted molar refractivity (Wildman–Crippen MR) is 77.6 cm³/mol. The average Bonchev–Trinajstić information content (AvgIpc) is 2.88. The Labute approximate surface area is 122 Å². The second-order valence-corrected chi connectivity index (χ2v) is 5.28. The molecule has 0 amide bonds. The highest BCUT2D eigenvalue weighted by atomic mass is 32.2. The van der Waals surface area contributed by atoms with Crippen molar-refractivity contribution < 1.29 is 14.3 Å². The molecule has 6 nitrogen and oxygen atoms in total. The van der Waals surface area contributed by atoms with Gasteiger partial charge in [-0.15, -0.1) is 0 Å². The van der Waals surface area contributed by atoms with Crippen LogP contribution in [0.4, 0.5) is 0 Å². The van der Waals surface area contributed by atoms with E-state index < -0.39 is 5.97 Å². The van der Waals surface area contributed by atoms with E-state index in [2.05, 4.69) is 9.97 Å². The van der Waals surface area contributed by atoms with Gasteiger partial charge in [-0.2, -0.15) is 0 Å². The number of aromatic amines is 1. The van der Waals surface area contributed by atoms with Gasteiger partial charge in [0.05, 0.1) is 0 Å². The lowest BCUT2D eigenvalue weighted by Gasteiger charge is -2.00. The second-order valence-electron chi connectivity index (χ2n) is 4.32. The van der Waals surface area contributed by atoms with Crippen LogP contribution in [-0.2, 0) is 5.75 Å². The van der Waals surface area contributed by atoms with Crippen LogP contribution in [0, 0.1) is 0 Å². The van der Waals surface area contributed by atoms with Crippen molar-refractivity contribution in [2.75, 3.05) is 0 Å². The first-order chi connectivity index (χ1) is 10.1. The van der Waals surface area contributed by atoms with Crippen molar-refractivity contribution in [3.8, 4) is 0 Å². The number of thioether (sulfide) groups is 1. The van der Waals surface area contributed by atoms with E-state index in [1.54, 1.807) is 6.07 Å². The smallest absolute Gasteiger partial charge is 0.371 e. The minimum absolute atomic E-state index is 0.0798. The number of benzene rings is 1. The van der Waals surface area contributed by atoms with E-state index in [9.17, 15) is 9.59 Å². The van der Waals surface area contributed by atoms with E-state index in [0.29, 0.717) is 16.5 Å². The van der Waals surface area contributed by atoms with E-state index >= 15 is 0 Å². The number of aromatic carboxylic acids is 1. The number of hydrogen-bond donors (Lipinski definition) is 2. The number of nitrogens with zero attached hydrogens (tertiary/aromatic N) is 1. The second kappa shape index (κ2) is 5.45. The Morgan fingerprint density at radius 1 is 1.33 bits per heavy atom. The first-order valence-corrected chi connectivity index (χ1v) is 7.04. The third-order valence-corrected chi connectivity index (χ3v) is 3.77. The molecule has 0 aliphatic heterocycles. The Morgan fingerprint density at radius 3 is 2.95 bits per heavy atom. The SMILES string of the molecule is O=C(O)c1cc2cc(CSc3nccc(=O)[nH]3)ccc2o1. The monoisotopic (exact) mass is 302 g/mol. The van der Waals surface area contributed by atoms with Crippen molar-refractivity contribution in [2.24, 2.45) is 0 Å². The molecule has 0 unspecified atom stereocenters. The molecule has 0 atom stereocenters. The summed E-state index contributed by atoms with van der Waals surface area (Å²) in [6.45, 7) is 0. The molecule has 0 bridgehead atoms. The highest BCUT2D eigenvalue weighted by Crippen LogP contribution is 2.24. The number of nitrogens with one attached hydrogen (secondary N) is 1. The van der Waals surface area contributed by atoms with Crippen LogP contribution in [0.5, 0.6) is 0 Å². The van der Waals surface area contributed by atoms with Gasteiger partial charge in [-0.25, -0.2) is 9.78 Å². The Bertz CT molecular complexity index is 869. The number of carbonyl (C=O) groups is 1. The molecule has 2 heterocycles. The summed E-state index contributed by atoms with van der Waals surface area (Å²) in [4.78, 5) is 28.7. The fourth-order valence-corrected chi connectivity index (χ4v) is 2.66. The molecule has 0 saturated carbocycles. The van der Waals surface area contributed by atoms with Gasteiger partial charge in [0.1, 0.15) is 5.58 Å². The minimum Gasteiger partial charge on any atom is -0.475 e. The summed E-state index contributed by atoms with van der Waals surface area (Å²) < 4.78 is 5.20. The van der Waals surface area contributed by atoms with Gasteiger partial charge in [0.25, 0.3) is 5.56 Å². The van der Waals surface area contributed by atoms with Crippen molar-refractivity contribution in [3.05, 3.63) is 58.2 Å². The van der Waals surface area contributed by atoms with Crippen molar-refractivity contribution >= 4 is 28.7 Å². The topological polar surface area (TPSA) is 96.2 Å².